The van der Waals surface area contributed by atoms with Crippen LogP contribution in [0.5, 0.6) is 11.5 Å². The number of nitrogens with one attached hydrogen (secondary N) is 2. The van der Waals surface area contributed by atoms with Crippen LogP contribution in [0.15, 0.2) is 30.4 Å². The molecule has 2 aliphatic carbocycles. The van der Waals surface area contributed by atoms with Crippen LogP contribution >= 0.6 is 0 Å². The van der Waals surface area contributed by atoms with Crippen molar-refractivity contribution in [3.63, 3.8) is 0 Å². The molecule has 3 aliphatic rings. The van der Waals surface area contributed by atoms with E-state index in [1.165, 1.54) is 44.9 Å². The molecule has 216 valence electrons. The van der Waals surface area contributed by atoms with Crippen LogP contribution < -0.4 is 20.1 Å². The number of amides is 1. The van der Waals surface area contributed by atoms with E-state index in [-0.39, 0.29) is 17.7 Å². The van der Waals surface area contributed by atoms with Gasteiger partial charge in [0.2, 0.25) is 0 Å². The Morgan fingerprint density at radius 3 is 2.51 bits per heavy atom. The van der Waals surface area contributed by atoms with Gasteiger partial charge in [-0.15, -0.1) is 0 Å². The fraction of sp³-hybridized carbons (Fsp3) is 0.688. The minimum atomic E-state index is -0.166. The van der Waals surface area contributed by atoms with Crippen molar-refractivity contribution in [3.8, 4) is 11.5 Å². The highest BCUT2D eigenvalue weighted by atomic mass is 16.5. The molecular weight excluding hydrogens is 490 g/mol. The van der Waals surface area contributed by atoms with Crippen molar-refractivity contribution in [2.24, 2.45) is 17.8 Å². The summed E-state index contributed by atoms with van der Waals surface area (Å²) in [7, 11) is 3.20. The predicted octanol–water partition coefficient (Wildman–Crippen LogP) is 4.63. The molecule has 7 nitrogen and oxygen atoms in total. The molecule has 4 N–H and O–H groups in total. The van der Waals surface area contributed by atoms with Crippen LogP contribution in [0.2, 0.25) is 0 Å². The quantitative estimate of drug-likeness (QED) is 0.182. The van der Waals surface area contributed by atoms with Gasteiger partial charge in [0, 0.05) is 18.2 Å². The lowest BCUT2D eigenvalue weighted by Crippen LogP contribution is -2.90. The minimum absolute atomic E-state index is 0.114. The second-order valence-electron chi connectivity index (χ2n) is 11.6. The van der Waals surface area contributed by atoms with E-state index in [4.69, 9.17) is 19.6 Å². The zero-order valence-corrected chi connectivity index (χ0v) is 24.1. The Labute approximate surface area is 235 Å². The molecule has 1 amide bonds. The number of hydrogen-bond acceptors (Lipinski definition) is 6. The fourth-order valence-electron chi connectivity index (χ4n) is 6.63. The number of ether oxygens (including phenoxy) is 3. The van der Waals surface area contributed by atoms with Gasteiger partial charge < -0.3 is 24.9 Å². The SMILES string of the molecule is COc1ccc(C(=N)C2CC=CCC2C(=O)[NH2+]CCCCCNCC2CCC(C3CCCCC3)O2)cc1OC. The Bertz CT molecular complexity index is 959. The van der Waals surface area contributed by atoms with Crippen LogP contribution in [0.1, 0.15) is 82.6 Å². The summed E-state index contributed by atoms with van der Waals surface area (Å²) in [6.07, 6.45) is 19.1. The number of allylic oxidation sites excluding steroid dienone is 2. The average Bonchev–Trinajstić information content (AvgIpc) is 3.47. The largest absolute Gasteiger partial charge is 0.493 e. The number of carbonyl (C=O) groups is 1. The summed E-state index contributed by atoms with van der Waals surface area (Å²) >= 11 is 0. The maximum atomic E-state index is 13.1. The van der Waals surface area contributed by atoms with E-state index in [9.17, 15) is 4.79 Å². The average molecular weight is 541 g/mol. The second kappa shape index (κ2) is 15.5. The molecule has 2 fully saturated rings. The van der Waals surface area contributed by atoms with E-state index >= 15 is 0 Å². The Balaban J connectivity index is 1.11. The van der Waals surface area contributed by atoms with E-state index in [0.717, 1.165) is 56.8 Å². The number of carbonyl (C=O) groups excluding carboxylic acids is 1. The lowest BCUT2D eigenvalue weighted by molar-refractivity contribution is -0.572. The third-order valence-electron chi connectivity index (χ3n) is 8.95. The number of unbranched alkanes of at least 4 members (excludes halogenated alkanes) is 2. The van der Waals surface area contributed by atoms with Crippen LogP contribution in [0.3, 0.4) is 0 Å². The van der Waals surface area contributed by atoms with E-state index in [1.54, 1.807) is 14.2 Å². The predicted molar refractivity (Wildman–Crippen MR) is 155 cm³/mol. The zero-order chi connectivity index (χ0) is 27.5. The Morgan fingerprint density at radius 2 is 1.74 bits per heavy atom. The maximum Gasteiger partial charge on any atom is 0.314 e. The van der Waals surface area contributed by atoms with Crippen molar-refractivity contribution in [3.05, 3.63) is 35.9 Å². The standard InChI is InChI=1S/C32H49N3O4/c1-37-29-17-15-24(21-30(29)38-2)31(33)26-13-7-8-14-27(26)32(36)35-20-10-4-9-19-34-22-25-16-18-28(39-25)23-11-5-3-6-12-23/h7-8,15,17,21,23,25-28,33-34H,3-6,9-14,16,18-20,22H2,1-2H3,(H,35,36)/p+1. The molecule has 39 heavy (non-hydrogen) atoms. The zero-order valence-electron chi connectivity index (χ0n) is 24.1. The summed E-state index contributed by atoms with van der Waals surface area (Å²) in [5.74, 6) is 1.95. The summed E-state index contributed by atoms with van der Waals surface area (Å²) in [5.41, 5.74) is 1.28. The molecule has 4 atom stereocenters. The highest BCUT2D eigenvalue weighted by Gasteiger charge is 2.35. The topological polar surface area (TPSA) is 97.2 Å². The Morgan fingerprint density at radius 1 is 0.974 bits per heavy atom. The van der Waals surface area contributed by atoms with Crippen LogP contribution in [-0.4, -0.2) is 57.7 Å². The summed E-state index contributed by atoms with van der Waals surface area (Å²) in [6, 6.07) is 5.55. The van der Waals surface area contributed by atoms with Gasteiger partial charge in [-0.1, -0.05) is 31.4 Å². The normalized spacial score (nSPS) is 25.5. The summed E-state index contributed by atoms with van der Waals surface area (Å²) < 4.78 is 17.1. The van der Waals surface area contributed by atoms with Crippen molar-refractivity contribution in [1.29, 1.82) is 5.41 Å². The highest BCUT2D eigenvalue weighted by Crippen LogP contribution is 2.35. The molecule has 4 unspecified atom stereocenters. The number of rotatable bonds is 14. The minimum Gasteiger partial charge on any atom is -0.493 e. The molecule has 1 heterocycles. The molecule has 1 aliphatic heterocycles. The first-order valence-corrected chi connectivity index (χ1v) is 15.3. The first kappa shape index (κ1) is 29.8. The number of primary amides is 1. The van der Waals surface area contributed by atoms with Gasteiger partial charge in [0.15, 0.2) is 11.5 Å². The molecule has 0 bridgehead atoms. The van der Waals surface area contributed by atoms with Crippen LogP contribution in [0, 0.1) is 23.2 Å². The van der Waals surface area contributed by atoms with Crippen LogP contribution in [-0.2, 0) is 9.53 Å². The Hall–Kier alpha value is -2.22. The molecular formula is C32H50N3O4+. The number of hydrogen-bond donors (Lipinski definition) is 3. The van der Waals surface area contributed by atoms with E-state index < -0.39 is 0 Å². The molecule has 4 rings (SSSR count). The van der Waals surface area contributed by atoms with Crippen molar-refractivity contribution >= 4 is 11.6 Å². The Kier molecular flexibility index (Phi) is 11.9. The van der Waals surface area contributed by atoms with Gasteiger partial charge in [-0.2, -0.15) is 0 Å². The van der Waals surface area contributed by atoms with Gasteiger partial charge >= 0.3 is 5.91 Å². The summed E-state index contributed by atoms with van der Waals surface area (Å²) in [6.45, 7) is 2.79. The van der Waals surface area contributed by atoms with Gasteiger partial charge in [-0.05, 0) is 94.0 Å². The number of benzene rings is 1. The molecule has 0 radical (unpaired) electrons. The van der Waals surface area contributed by atoms with Gasteiger partial charge in [-0.3, -0.25) is 5.32 Å². The molecule has 7 heteroatoms. The van der Waals surface area contributed by atoms with E-state index in [2.05, 4.69) is 17.5 Å². The smallest absolute Gasteiger partial charge is 0.314 e. The first-order valence-electron chi connectivity index (χ1n) is 15.3. The fourth-order valence-corrected chi connectivity index (χ4v) is 6.63. The van der Waals surface area contributed by atoms with Crippen molar-refractivity contribution < 1.29 is 24.3 Å². The number of methoxy groups -OCH3 is 2. The second-order valence-corrected chi connectivity index (χ2v) is 11.6. The van der Waals surface area contributed by atoms with Crippen LogP contribution in [0.25, 0.3) is 0 Å². The molecule has 1 saturated heterocycles. The third kappa shape index (κ3) is 8.38. The maximum absolute atomic E-state index is 13.1. The molecule has 0 aromatic heterocycles. The lowest BCUT2D eigenvalue weighted by Gasteiger charge is -2.27. The van der Waals surface area contributed by atoms with E-state index in [1.807, 2.05) is 23.5 Å². The number of nitrogens with two attached hydrogens (primary N) is 1. The third-order valence-corrected chi connectivity index (χ3v) is 8.95. The van der Waals surface area contributed by atoms with Crippen molar-refractivity contribution in [2.45, 2.75) is 89.3 Å². The van der Waals surface area contributed by atoms with Crippen LogP contribution in [0.4, 0.5) is 0 Å². The molecule has 1 aromatic rings. The molecule has 0 spiro atoms. The van der Waals surface area contributed by atoms with Gasteiger partial charge in [0.25, 0.3) is 0 Å². The summed E-state index contributed by atoms with van der Waals surface area (Å²) in [5, 5.41) is 14.3. The lowest BCUT2D eigenvalue weighted by atomic mass is 9.77. The number of quaternary nitrogens is 1. The monoisotopic (exact) mass is 540 g/mol. The van der Waals surface area contributed by atoms with Gasteiger partial charge in [0.1, 0.15) is 0 Å². The molecule has 1 aromatic carbocycles. The van der Waals surface area contributed by atoms with Gasteiger partial charge in [-0.25, -0.2) is 4.79 Å². The first-order chi connectivity index (χ1) is 19.1. The molecule has 1 saturated carbocycles. The highest BCUT2D eigenvalue weighted by molar-refractivity contribution is 6.02. The summed E-state index contributed by atoms with van der Waals surface area (Å²) in [4.78, 5) is 13.1. The van der Waals surface area contributed by atoms with Crippen molar-refractivity contribution in [2.75, 3.05) is 33.9 Å². The van der Waals surface area contributed by atoms with E-state index in [0.29, 0.717) is 35.8 Å². The van der Waals surface area contributed by atoms with Crippen molar-refractivity contribution in [1.82, 2.24) is 5.32 Å². The van der Waals surface area contributed by atoms with Gasteiger partial charge in [0.05, 0.1) is 38.9 Å².